The number of amides is 1. The molecule has 2 bridgehead atoms. The average Bonchev–Trinajstić information content (AvgIpc) is 3.10. The Bertz CT molecular complexity index is 461. The summed E-state index contributed by atoms with van der Waals surface area (Å²) in [7, 11) is 1.78. The molecule has 110 valence electrons. The first-order valence-electron chi connectivity index (χ1n) is 7.30. The van der Waals surface area contributed by atoms with E-state index in [0.717, 1.165) is 12.8 Å². The molecule has 0 aromatic carbocycles. The Morgan fingerprint density at radius 3 is 2.45 bits per heavy atom. The van der Waals surface area contributed by atoms with E-state index in [0.29, 0.717) is 6.61 Å². The smallest absolute Gasteiger partial charge is 0.307 e. The second kappa shape index (κ2) is 4.88. The largest absolute Gasteiger partial charge is 0.481 e. The molecular weight excluding hydrogens is 258 g/mol. The number of carboxylic acid groups (broad SMARTS) is 1. The number of hydrogen-bond acceptors (Lipinski definition) is 3. The molecule has 6 atom stereocenters. The average molecular weight is 279 g/mol. The van der Waals surface area contributed by atoms with Crippen LogP contribution in [0.4, 0.5) is 0 Å². The third kappa shape index (κ3) is 1.95. The van der Waals surface area contributed by atoms with Crippen LogP contribution in [0, 0.1) is 23.7 Å². The van der Waals surface area contributed by atoms with Gasteiger partial charge in [-0.3, -0.25) is 9.59 Å². The van der Waals surface area contributed by atoms with Crippen LogP contribution in [0.25, 0.3) is 0 Å². The molecule has 0 aromatic rings. The number of carbonyl (C=O) groups is 2. The first kappa shape index (κ1) is 13.6. The van der Waals surface area contributed by atoms with E-state index in [1.54, 1.807) is 11.9 Å². The number of likely N-dealkylation sites (N-methyl/N-ethyl adjacent to an activating group) is 1. The topological polar surface area (TPSA) is 66.8 Å². The van der Waals surface area contributed by atoms with Gasteiger partial charge in [-0.15, -0.1) is 0 Å². The maximum absolute atomic E-state index is 12.8. The van der Waals surface area contributed by atoms with E-state index in [1.165, 1.54) is 0 Å². The molecule has 20 heavy (non-hydrogen) atoms. The molecule has 1 saturated carbocycles. The van der Waals surface area contributed by atoms with Crippen molar-refractivity contribution in [2.24, 2.45) is 23.7 Å². The summed E-state index contributed by atoms with van der Waals surface area (Å²) >= 11 is 0. The van der Waals surface area contributed by atoms with Crippen molar-refractivity contribution in [3.05, 3.63) is 12.2 Å². The summed E-state index contributed by atoms with van der Waals surface area (Å²) in [6.07, 6.45) is 5.65. The van der Waals surface area contributed by atoms with Crippen LogP contribution in [-0.2, 0) is 14.3 Å². The fourth-order valence-corrected chi connectivity index (χ4v) is 4.12. The minimum absolute atomic E-state index is 0.0251. The van der Waals surface area contributed by atoms with Crippen molar-refractivity contribution in [2.45, 2.75) is 31.9 Å². The van der Waals surface area contributed by atoms with Gasteiger partial charge in [0.25, 0.3) is 0 Å². The van der Waals surface area contributed by atoms with Gasteiger partial charge in [0.2, 0.25) is 5.91 Å². The molecule has 5 heteroatoms. The number of hydrogen-bond donors (Lipinski definition) is 1. The zero-order chi connectivity index (χ0) is 14.4. The van der Waals surface area contributed by atoms with Crippen LogP contribution in [0.15, 0.2) is 12.2 Å². The van der Waals surface area contributed by atoms with Gasteiger partial charge in [0, 0.05) is 13.7 Å². The number of nitrogens with zero attached hydrogens (tertiary/aromatic N) is 1. The molecule has 1 amide bonds. The molecule has 4 unspecified atom stereocenters. The van der Waals surface area contributed by atoms with Crippen LogP contribution in [0.3, 0.4) is 0 Å². The van der Waals surface area contributed by atoms with E-state index < -0.39 is 17.8 Å². The van der Waals surface area contributed by atoms with Gasteiger partial charge in [-0.25, -0.2) is 0 Å². The number of allylic oxidation sites excluding steroid dienone is 2. The highest BCUT2D eigenvalue weighted by Crippen LogP contribution is 2.49. The molecule has 1 aliphatic heterocycles. The highest BCUT2D eigenvalue weighted by atomic mass is 16.5. The predicted octanol–water partition coefficient (Wildman–Crippen LogP) is 1.15. The van der Waals surface area contributed by atoms with Crippen LogP contribution >= 0.6 is 0 Å². The summed E-state index contributed by atoms with van der Waals surface area (Å²) in [5.41, 5.74) is 0. The first-order valence-corrected chi connectivity index (χ1v) is 7.30. The van der Waals surface area contributed by atoms with Crippen molar-refractivity contribution in [1.82, 2.24) is 4.90 Å². The summed E-state index contributed by atoms with van der Waals surface area (Å²) in [5.74, 6) is -1.72. The zero-order valence-electron chi connectivity index (χ0n) is 11.9. The van der Waals surface area contributed by atoms with Crippen LogP contribution in [0.2, 0.25) is 0 Å². The summed E-state index contributed by atoms with van der Waals surface area (Å²) in [6, 6.07) is 0.0695. The lowest BCUT2D eigenvalue weighted by Crippen LogP contribution is -2.47. The van der Waals surface area contributed by atoms with E-state index in [4.69, 9.17) is 4.74 Å². The second-order valence-corrected chi connectivity index (χ2v) is 6.22. The van der Waals surface area contributed by atoms with E-state index in [1.807, 2.05) is 19.1 Å². The zero-order valence-corrected chi connectivity index (χ0v) is 11.9. The monoisotopic (exact) mass is 279 g/mol. The minimum Gasteiger partial charge on any atom is -0.481 e. The Hall–Kier alpha value is -1.36. The SMILES string of the molecule is CC1OCCC1N(C)C(=O)[C@H]1C2C=CC(C2)[C@H]1C(=O)O. The third-order valence-electron chi connectivity index (χ3n) is 5.21. The van der Waals surface area contributed by atoms with E-state index in [9.17, 15) is 14.7 Å². The molecule has 2 fully saturated rings. The van der Waals surface area contributed by atoms with Gasteiger partial charge < -0.3 is 14.7 Å². The Balaban J connectivity index is 1.79. The van der Waals surface area contributed by atoms with Crippen LogP contribution < -0.4 is 0 Å². The molecule has 3 rings (SSSR count). The van der Waals surface area contributed by atoms with Crippen LogP contribution in [0.1, 0.15) is 19.8 Å². The highest BCUT2D eigenvalue weighted by Gasteiger charge is 2.53. The Labute approximate surface area is 118 Å². The molecule has 1 heterocycles. The summed E-state index contributed by atoms with van der Waals surface area (Å²) in [6.45, 7) is 2.64. The second-order valence-electron chi connectivity index (χ2n) is 6.22. The van der Waals surface area contributed by atoms with Gasteiger partial charge in [-0.1, -0.05) is 12.2 Å². The van der Waals surface area contributed by atoms with E-state index >= 15 is 0 Å². The first-order chi connectivity index (χ1) is 9.50. The van der Waals surface area contributed by atoms with Gasteiger partial charge in [-0.05, 0) is 31.6 Å². The summed E-state index contributed by atoms with van der Waals surface area (Å²) in [4.78, 5) is 26.0. The van der Waals surface area contributed by atoms with Gasteiger partial charge in [0.1, 0.15) is 0 Å². The van der Waals surface area contributed by atoms with Crippen LogP contribution in [-0.4, -0.2) is 47.7 Å². The van der Waals surface area contributed by atoms with Crippen molar-refractivity contribution < 1.29 is 19.4 Å². The third-order valence-corrected chi connectivity index (χ3v) is 5.21. The normalized spacial score (nSPS) is 42.1. The maximum Gasteiger partial charge on any atom is 0.307 e. The van der Waals surface area contributed by atoms with Crippen molar-refractivity contribution >= 4 is 11.9 Å². The molecule has 5 nitrogen and oxygen atoms in total. The summed E-state index contributed by atoms with van der Waals surface area (Å²) in [5, 5.41) is 9.42. The van der Waals surface area contributed by atoms with E-state index in [-0.39, 0.29) is 29.9 Å². The van der Waals surface area contributed by atoms with Crippen molar-refractivity contribution in [1.29, 1.82) is 0 Å². The van der Waals surface area contributed by atoms with Crippen molar-refractivity contribution in [2.75, 3.05) is 13.7 Å². The Kier molecular flexibility index (Phi) is 3.32. The maximum atomic E-state index is 12.8. The van der Waals surface area contributed by atoms with Crippen molar-refractivity contribution in [3.63, 3.8) is 0 Å². The number of carbonyl (C=O) groups excluding carboxylic acids is 1. The van der Waals surface area contributed by atoms with Gasteiger partial charge in [-0.2, -0.15) is 0 Å². The lowest BCUT2D eigenvalue weighted by molar-refractivity contribution is -0.151. The van der Waals surface area contributed by atoms with Gasteiger partial charge in [0.05, 0.1) is 24.0 Å². The molecule has 0 aromatic heterocycles. The molecular formula is C15H21NO4. The molecule has 1 N–H and O–H groups in total. The number of ether oxygens (including phenoxy) is 1. The van der Waals surface area contributed by atoms with Gasteiger partial charge in [0.15, 0.2) is 0 Å². The minimum atomic E-state index is -0.843. The standard InChI is InChI=1S/C15H21NO4/c1-8-11(5-6-20-8)16(2)14(17)12-9-3-4-10(7-9)13(12)15(18)19/h3-4,8-13H,5-7H2,1-2H3,(H,18,19)/t8?,9?,10?,11?,12-,13+/m0/s1. The number of rotatable bonds is 3. The number of fused-ring (bicyclic) bond motifs is 2. The fourth-order valence-electron chi connectivity index (χ4n) is 4.12. The van der Waals surface area contributed by atoms with Gasteiger partial charge >= 0.3 is 5.97 Å². The predicted molar refractivity (Wildman–Crippen MR) is 71.9 cm³/mol. The van der Waals surface area contributed by atoms with E-state index in [2.05, 4.69) is 0 Å². The van der Waals surface area contributed by atoms with Crippen molar-refractivity contribution in [3.8, 4) is 0 Å². The van der Waals surface area contributed by atoms with Crippen LogP contribution in [0.5, 0.6) is 0 Å². The highest BCUT2D eigenvalue weighted by molar-refractivity contribution is 5.87. The number of carboxylic acids is 1. The number of aliphatic carboxylic acids is 1. The lowest BCUT2D eigenvalue weighted by atomic mass is 9.82. The molecule has 3 aliphatic rings. The lowest BCUT2D eigenvalue weighted by Gasteiger charge is -2.33. The molecule has 1 saturated heterocycles. The summed E-state index contributed by atoms with van der Waals surface area (Å²) < 4.78 is 5.51. The quantitative estimate of drug-likeness (QED) is 0.787. The fraction of sp³-hybridized carbons (Fsp3) is 0.733. The molecule has 0 spiro atoms. The molecule has 0 radical (unpaired) electrons. The Morgan fingerprint density at radius 1 is 1.25 bits per heavy atom. The Morgan fingerprint density at radius 2 is 1.90 bits per heavy atom. The molecule has 2 aliphatic carbocycles.